The lowest BCUT2D eigenvalue weighted by molar-refractivity contribution is 0.0964. The van der Waals surface area contributed by atoms with Gasteiger partial charge in [-0.25, -0.2) is 13.8 Å². The minimum Gasteiger partial charge on any atom is -0.389 e. The Bertz CT molecular complexity index is 839. The van der Waals surface area contributed by atoms with Gasteiger partial charge >= 0.3 is 0 Å². The molecule has 24 heavy (non-hydrogen) atoms. The van der Waals surface area contributed by atoms with Crippen LogP contribution in [0.1, 0.15) is 24.3 Å². The van der Waals surface area contributed by atoms with Crippen LogP contribution >= 0.6 is 11.3 Å². The molecule has 0 unspecified atom stereocenters. The fourth-order valence-corrected chi connectivity index (χ4v) is 2.71. The summed E-state index contributed by atoms with van der Waals surface area (Å²) in [7, 11) is 1.58. The zero-order valence-electron chi connectivity index (χ0n) is 13.4. The average molecular weight is 350 g/mol. The van der Waals surface area contributed by atoms with E-state index >= 15 is 0 Å². The summed E-state index contributed by atoms with van der Waals surface area (Å²) in [6.07, 6.45) is 1.50. The van der Waals surface area contributed by atoms with Crippen LogP contribution in [-0.2, 0) is 0 Å². The van der Waals surface area contributed by atoms with Crippen LogP contribution in [0.4, 0.5) is 13.8 Å². The maximum Gasteiger partial charge on any atom is 0.277 e. The highest BCUT2D eigenvalue weighted by atomic mass is 32.1. The molecule has 0 atom stereocenters. The number of nitrogens with one attached hydrogen (secondary N) is 1. The topological polar surface area (TPSA) is 80.4 Å². The highest BCUT2D eigenvalue weighted by molar-refractivity contribution is 7.19. The Kier molecular flexibility index (Phi) is 5.40. The second-order valence-corrected chi connectivity index (χ2v) is 6.14. The normalized spacial score (nSPS) is 10.9. The van der Waals surface area contributed by atoms with Crippen molar-refractivity contribution in [2.75, 3.05) is 12.8 Å². The first kappa shape index (κ1) is 17.7. The predicted molar refractivity (Wildman–Crippen MR) is 92.1 cm³/mol. The molecule has 126 valence electrons. The number of aliphatic imine (C=N–C) groups is 1. The molecule has 0 aliphatic rings. The summed E-state index contributed by atoms with van der Waals surface area (Å²) in [4.78, 5) is 20.3. The highest BCUT2D eigenvalue weighted by Gasteiger charge is 2.20. The molecule has 2 rings (SSSR count). The molecular formula is C16H16F2N4OS. The summed E-state index contributed by atoms with van der Waals surface area (Å²) >= 11 is 0.917. The van der Waals surface area contributed by atoms with E-state index in [0.717, 1.165) is 35.1 Å². The molecule has 0 spiro atoms. The molecule has 0 radical (unpaired) electrons. The summed E-state index contributed by atoms with van der Waals surface area (Å²) < 4.78 is 27.2. The van der Waals surface area contributed by atoms with Crippen LogP contribution in [0.3, 0.4) is 0 Å². The summed E-state index contributed by atoms with van der Waals surface area (Å²) in [6.45, 7) is 3.63. The molecule has 0 bridgehead atoms. The number of anilines is 1. The third-order valence-electron chi connectivity index (χ3n) is 3.07. The SMILES string of the molecule is CN=CC(NC(=O)c1nc(-c2cc(F)ccc2F)sc1N)=C(C)C. The lowest BCUT2D eigenvalue weighted by Gasteiger charge is -2.06. The fourth-order valence-electron chi connectivity index (χ4n) is 1.87. The van der Waals surface area contributed by atoms with Crippen molar-refractivity contribution in [1.29, 1.82) is 0 Å². The molecule has 0 saturated carbocycles. The Hall–Kier alpha value is -2.61. The van der Waals surface area contributed by atoms with Gasteiger partial charge in [0.25, 0.3) is 5.91 Å². The van der Waals surface area contributed by atoms with Gasteiger partial charge in [0.1, 0.15) is 21.6 Å². The summed E-state index contributed by atoms with van der Waals surface area (Å²) in [5, 5.41) is 2.91. The molecule has 0 aliphatic carbocycles. The van der Waals surface area contributed by atoms with Crippen molar-refractivity contribution >= 4 is 28.5 Å². The zero-order chi connectivity index (χ0) is 17.9. The number of thiazole rings is 1. The van der Waals surface area contributed by atoms with Crippen molar-refractivity contribution in [3.63, 3.8) is 0 Å². The number of rotatable bonds is 4. The first-order valence-electron chi connectivity index (χ1n) is 6.96. The Morgan fingerprint density at radius 2 is 2.08 bits per heavy atom. The van der Waals surface area contributed by atoms with Gasteiger partial charge in [-0.3, -0.25) is 9.79 Å². The molecule has 1 aromatic carbocycles. The molecule has 8 heteroatoms. The van der Waals surface area contributed by atoms with Crippen molar-refractivity contribution in [2.24, 2.45) is 4.99 Å². The van der Waals surface area contributed by atoms with E-state index in [0.29, 0.717) is 5.70 Å². The second-order valence-electron chi connectivity index (χ2n) is 5.11. The van der Waals surface area contributed by atoms with Gasteiger partial charge in [0, 0.05) is 18.8 Å². The number of nitrogens with zero attached hydrogens (tertiary/aromatic N) is 2. The highest BCUT2D eigenvalue weighted by Crippen LogP contribution is 2.32. The number of carbonyl (C=O) groups excluding carboxylic acids is 1. The standard InChI is InChI=1S/C16H16F2N4OS/c1-8(2)12(7-20-3)21-15(23)13-14(19)24-16(22-13)10-6-9(17)4-5-11(10)18/h4-7H,19H2,1-3H3,(H,21,23). The number of halogens is 2. The van der Waals surface area contributed by atoms with Gasteiger partial charge in [-0.15, -0.1) is 0 Å². The maximum atomic E-state index is 13.8. The molecule has 0 fully saturated rings. The first-order valence-corrected chi connectivity index (χ1v) is 7.77. The summed E-state index contributed by atoms with van der Waals surface area (Å²) in [6, 6.07) is 3.02. The van der Waals surface area contributed by atoms with Crippen LogP contribution in [0.2, 0.25) is 0 Å². The van der Waals surface area contributed by atoms with Crippen molar-refractivity contribution in [3.05, 3.63) is 46.8 Å². The molecule has 3 N–H and O–H groups in total. The number of amides is 1. The van der Waals surface area contributed by atoms with Crippen LogP contribution in [0, 0.1) is 11.6 Å². The third kappa shape index (κ3) is 3.83. The van der Waals surface area contributed by atoms with Crippen molar-refractivity contribution < 1.29 is 13.6 Å². The summed E-state index contributed by atoms with van der Waals surface area (Å²) in [5.74, 6) is -1.78. The number of hydrogen-bond donors (Lipinski definition) is 2. The molecule has 0 aliphatic heterocycles. The molecule has 2 aromatic rings. The fraction of sp³-hybridized carbons (Fsp3) is 0.188. The van der Waals surface area contributed by atoms with Gasteiger partial charge in [-0.1, -0.05) is 16.9 Å². The van der Waals surface area contributed by atoms with Gasteiger partial charge in [0.2, 0.25) is 0 Å². The van der Waals surface area contributed by atoms with Crippen LogP contribution in [0.25, 0.3) is 10.6 Å². The van der Waals surface area contributed by atoms with Crippen molar-refractivity contribution in [2.45, 2.75) is 13.8 Å². The number of benzene rings is 1. The van der Waals surface area contributed by atoms with Gasteiger partial charge in [0.05, 0.1) is 5.70 Å². The van der Waals surface area contributed by atoms with Crippen LogP contribution in [0.15, 0.2) is 34.5 Å². The zero-order valence-corrected chi connectivity index (χ0v) is 14.2. The van der Waals surface area contributed by atoms with Crippen LogP contribution in [-0.4, -0.2) is 24.2 Å². The molecular weight excluding hydrogens is 334 g/mol. The smallest absolute Gasteiger partial charge is 0.277 e. The number of aromatic nitrogens is 1. The predicted octanol–water partition coefficient (Wildman–Crippen LogP) is 3.39. The Morgan fingerprint density at radius 3 is 2.71 bits per heavy atom. The third-order valence-corrected chi connectivity index (χ3v) is 3.99. The Labute approximate surface area is 141 Å². The quantitative estimate of drug-likeness (QED) is 0.830. The van der Waals surface area contributed by atoms with E-state index in [1.807, 2.05) is 13.8 Å². The molecule has 1 amide bonds. The van der Waals surface area contributed by atoms with Gasteiger partial charge in [-0.05, 0) is 32.0 Å². The van der Waals surface area contributed by atoms with E-state index in [1.54, 1.807) is 7.05 Å². The van der Waals surface area contributed by atoms with E-state index in [1.165, 1.54) is 6.21 Å². The van der Waals surface area contributed by atoms with Gasteiger partial charge in [-0.2, -0.15) is 0 Å². The maximum absolute atomic E-state index is 13.8. The average Bonchev–Trinajstić information content (AvgIpc) is 2.91. The molecule has 0 saturated heterocycles. The number of hydrogen-bond acceptors (Lipinski definition) is 5. The minimum atomic E-state index is -0.639. The van der Waals surface area contributed by atoms with Gasteiger partial charge in [0.15, 0.2) is 5.69 Å². The van der Waals surface area contributed by atoms with E-state index in [2.05, 4.69) is 15.3 Å². The molecule has 1 heterocycles. The Balaban J connectivity index is 2.37. The number of allylic oxidation sites excluding steroid dienone is 2. The van der Waals surface area contributed by atoms with Crippen molar-refractivity contribution in [3.8, 4) is 10.6 Å². The van der Waals surface area contributed by atoms with E-state index in [9.17, 15) is 13.6 Å². The Morgan fingerprint density at radius 1 is 1.38 bits per heavy atom. The van der Waals surface area contributed by atoms with Crippen LogP contribution in [0.5, 0.6) is 0 Å². The van der Waals surface area contributed by atoms with E-state index in [-0.39, 0.29) is 21.3 Å². The second kappa shape index (κ2) is 7.31. The number of nitrogen functional groups attached to an aromatic ring is 1. The van der Waals surface area contributed by atoms with E-state index < -0.39 is 17.5 Å². The van der Waals surface area contributed by atoms with Crippen molar-refractivity contribution in [1.82, 2.24) is 10.3 Å². The molecule has 1 aromatic heterocycles. The lowest BCUT2D eigenvalue weighted by Crippen LogP contribution is -2.25. The monoisotopic (exact) mass is 350 g/mol. The van der Waals surface area contributed by atoms with Crippen LogP contribution < -0.4 is 11.1 Å². The van der Waals surface area contributed by atoms with Gasteiger partial charge < -0.3 is 11.1 Å². The first-order chi connectivity index (χ1) is 11.3. The molecule has 5 nitrogen and oxygen atoms in total. The lowest BCUT2D eigenvalue weighted by atomic mass is 10.2. The number of carbonyl (C=O) groups is 1. The minimum absolute atomic E-state index is 0.0386. The summed E-state index contributed by atoms with van der Waals surface area (Å²) in [5.41, 5.74) is 7.11. The number of nitrogens with two attached hydrogens (primary N) is 1. The largest absolute Gasteiger partial charge is 0.389 e. The van der Waals surface area contributed by atoms with E-state index in [4.69, 9.17) is 5.73 Å².